The number of aromatic amines is 1. The summed E-state index contributed by atoms with van der Waals surface area (Å²) < 4.78 is 10.3. The number of rotatable bonds is 5. The third-order valence-electron chi connectivity index (χ3n) is 2.64. The summed E-state index contributed by atoms with van der Waals surface area (Å²) in [5.41, 5.74) is -0.449. The van der Waals surface area contributed by atoms with Gasteiger partial charge in [-0.3, -0.25) is 4.79 Å². The van der Waals surface area contributed by atoms with Crippen LogP contribution in [0.5, 0.6) is 11.6 Å². The molecule has 1 aromatic heterocycles. The van der Waals surface area contributed by atoms with E-state index in [-0.39, 0.29) is 33.8 Å². The third-order valence-corrected chi connectivity index (χ3v) is 3.24. The van der Waals surface area contributed by atoms with Crippen molar-refractivity contribution in [3.8, 4) is 11.6 Å². The van der Waals surface area contributed by atoms with Gasteiger partial charge in [-0.15, -0.1) is 0 Å². The lowest BCUT2D eigenvalue weighted by atomic mass is 10.3. The minimum atomic E-state index is -0.586. The molecule has 120 valence electrons. The van der Waals surface area contributed by atoms with Crippen LogP contribution < -0.4 is 10.3 Å². The number of para-hydroxylation sites is 1. The summed E-state index contributed by atoms with van der Waals surface area (Å²) >= 11 is 12.1. The number of nitrogens with one attached hydrogen (secondary N) is 1. The van der Waals surface area contributed by atoms with Gasteiger partial charge in [-0.05, 0) is 25.1 Å². The van der Waals surface area contributed by atoms with Gasteiger partial charge in [0.15, 0.2) is 5.75 Å². The quantitative estimate of drug-likeness (QED) is 0.656. The van der Waals surface area contributed by atoms with E-state index >= 15 is 0 Å². The molecule has 0 unspecified atom stereocenters. The number of hydrogen-bond acceptors (Lipinski definition) is 5. The Bertz CT molecular complexity index is 782. The van der Waals surface area contributed by atoms with Crippen LogP contribution in [0.25, 0.3) is 6.08 Å². The van der Waals surface area contributed by atoms with Crippen LogP contribution in [0.3, 0.4) is 0 Å². The molecule has 0 aliphatic carbocycles. The molecule has 0 aliphatic heterocycles. The maximum absolute atomic E-state index is 11.9. The molecular weight excluding hydrogens is 343 g/mol. The van der Waals surface area contributed by atoms with E-state index in [1.165, 1.54) is 12.4 Å². The molecule has 1 heterocycles. The van der Waals surface area contributed by atoms with Crippen LogP contribution in [0, 0.1) is 0 Å². The highest BCUT2D eigenvalue weighted by Gasteiger charge is 2.13. The molecule has 0 saturated heterocycles. The standard InChI is InChI=1S/C15H12Cl2N2O4/c1-2-22-12(20)7-6-9-14(21)18-8-19-15(9)23-13-10(16)4-3-5-11(13)17/h3-8H,2H2,1H3,(H,18,19,21)/b7-6+. The molecular formula is C15H12Cl2N2O4. The Kier molecular flexibility index (Phi) is 5.78. The summed E-state index contributed by atoms with van der Waals surface area (Å²) in [7, 11) is 0. The number of carbonyl (C=O) groups excluding carboxylic acids is 1. The number of ether oxygens (including phenoxy) is 2. The molecule has 0 saturated carbocycles. The van der Waals surface area contributed by atoms with Crippen molar-refractivity contribution >= 4 is 35.2 Å². The van der Waals surface area contributed by atoms with Crippen molar-refractivity contribution in [1.29, 1.82) is 0 Å². The highest BCUT2D eigenvalue weighted by Crippen LogP contribution is 2.35. The van der Waals surface area contributed by atoms with Gasteiger partial charge in [0.25, 0.3) is 5.56 Å². The fourth-order valence-corrected chi connectivity index (χ4v) is 2.12. The summed E-state index contributed by atoms with van der Waals surface area (Å²) in [6, 6.07) is 4.83. The Morgan fingerprint density at radius 2 is 2.04 bits per heavy atom. The maximum Gasteiger partial charge on any atom is 0.330 e. The minimum Gasteiger partial charge on any atom is -0.463 e. The Hall–Kier alpha value is -2.31. The van der Waals surface area contributed by atoms with Gasteiger partial charge in [-0.25, -0.2) is 9.78 Å². The molecule has 23 heavy (non-hydrogen) atoms. The number of carbonyl (C=O) groups is 1. The van der Waals surface area contributed by atoms with E-state index in [2.05, 4.69) is 9.97 Å². The van der Waals surface area contributed by atoms with Gasteiger partial charge in [-0.2, -0.15) is 0 Å². The molecule has 1 N–H and O–H groups in total. The number of aromatic nitrogens is 2. The first kappa shape index (κ1) is 17.1. The van der Waals surface area contributed by atoms with E-state index in [4.69, 9.17) is 32.7 Å². The number of esters is 1. The van der Waals surface area contributed by atoms with Gasteiger partial charge in [0.05, 0.1) is 23.0 Å². The Morgan fingerprint density at radius 1 is 1.35 bits per heavy atom. The number of nitrogens with zero attached hydrogens (tertiary/aromatic N) is 1. The van der Waals surface area contributed by atoms with Crippen molar-refractivity contribution in [2.75, 3.05) is 6.61 Å². The molecule has 2 aromatic rings. The average Bonchev–Trinajstić information content (AvgIpc) is 2.50. The van der Waals surface area contributed by atoms with E-state index in [0.29, 0.717) is 0 Å². The van der Waals surface area contributed by atoms with E-state index in [9.17, 15) is 9.59 Å². The molecule has 0 atom stereocenters. The summed E-state index contributed by atoms with van der Waals surface area (Å²) in [5, 5.41) is 0.528. The summed E-state index contributed by atoms with van der Waals surface area (Å²) in [6.07, 6.45) is 3.53. The topological polar surface area (TPSA) is 81.3 Å². The smallest absolute Gasteiger partial charge is 0.330 e. The van der Waals surface area contributed by atoms with E-state index in [1.54, 1.807) is 25.1 Å². The number of hydrogen-bond donors (Lipinski definition) is 1. The fourth-order valence-electron chi connectivity index (χ4n) is 1.64. The second kappa shape index (κ2) is 7.80. The first-order valence-corrected chi connectivity index (χ1v) is 7.33. The lowest BCUT2D eigenvalue weighted by Crippen LogP contribution is -2.12. The van der Waals surface area contributed by atoms with Crippen molar-refractivity contribution in [2.24, 2.45) is 0 Å². The van der Waals surface area contributed by atoms with Crippen molar-refractivity contribution < 1.29 is 14.3 Å². The van der Waals surface area contributed by atoms with Crippen LogP contribution in [-0.4, -0.2) is 22.5 Å². The Balaban J connectivity index is 2.38. The number of halogens is 2. The molecule has 0 bridgehead atoms. The minimum absolute atomic E-state index is 0.0377. The highest BCUT2D eigenvalue weighted by molar-refractivity contribution is 6.37. The summed E-state index contributed by atoms with van der Waals surface area (Å²) in [5.74, 6) is -0.457. The lowest BCUT2D eigenvalue weighted by Gasteiger charge is -2.09. The second-order valence-electron chi connectivity index (χ2n) is 4.19. The van der Waals surface area contributed by atoms with Gasteiger partial charge in [0, 0.05) is 6.08 Å². The van der Waals surface area contributed by atoms with Gasteiger partial charge < -0.3 is 14.5 Å². The average molecular weight is 355 g/mol. The molecule has 0 spiro atoms. The predicted molar refractivity (Wildman–Crippen MR) is 87.1 cm³/mol. The molecule has 8 heteroatoms. The predicted octanol–water partition coefficient (Wildman–Crippen LogP) is 3.45. The molecule has 0 amide bonds. The van der Waals surface area contributed by atoms with E-state index < -0.39 is 11.5 Å². The van der Waals surface area contributed by atoms with Gasteiger partial charge in [-0.1, -0.05) is 29.3 Å². The Morgan fingerprint density at radius 3 is 2.70 bits per heavy atom. The number of H-pyrrole nitrogens is 1. The van der Waals surface area contributed by atoms with Crippen LogP contribution in [0.1, 0.15) is 12.5 Å². The largest absolute Gasteiger partial charge is 0.463 e. The maximum atomic E-state index is 11.9. The first-order valence-electron chi connectivity index (χ1n) is 6.57. The van der Waals surface area contributed by atoms with Crippen LogP contribution in [0.15, 0.2) is 35.4 Å². The zero-order chi connectivity index (χ0) is 16.8. The Labute approximate surface area is 141 Å². The summed E-state index contributed by atoms with van der Waals surface area (Å²) in [6.45, 7) is 1.90. The monoisotopic (exact) mass is 354 g/mol. The van der Waals surface area contributed by atoms with Crippen LogP contribution in [0.2, 0.25) is 10.0 Å². The van der Waals surface area contributed by atoms with Crippen molar-refractivity contribution in [3.63, 3.8) is 0 Å². The molecule has 1 aromatic carbocycles. The van der Waals surface area contributed by atoms with E-state index in [1.807, 2.05) is 0 Å². The molecule has 6 nitrogen and oxygen atoms in total. The normalized spacial score (nSPS) is 10.7. The molecule has 0 radical (unpaired) electrons. The summed E-state index contributed by atoms with van der Waals surface area (Å²) in [4.78, 5) is 29.6. The molecule has 0 aliphatic rings. The molecule has 0 fully saturated rings. The zero-order valence-corrected chi connectivity index (χ0v) is 13.5. The SMILES string of the molecule is CCOC(=O)/C=C/c1c(Oc2c(Cl)cccc2Cl)nc[nH]c1=O. The second-order valence-corrected chi connectivity index (χ2v) is 5.00. The van der Waals surface area contributed by atoms with Crippen molar-refractivity contribution in [1.82, 2.24) is 9.97 Å². The van der Waals surface area contributed by atoms with Crippen LogP contribution in [-0.2, 0) is 9.53 Å². The van der Waals surface area contributed by atoms with Gasteiger partial charge in [0.1, 0.15) is 5.56 Å². The highest BCUT2D eigenvalue weighted by atomic mass is 35.5. The number of benzene rings is 1. The molecule has 2 rings (SSSR count). The van der Waals surface area contributed by atoms with Gasteiger partial charge in [0.2, 0.25) is 5.88 Å². The van der Waals surface area contributed by atoms with Gasteiger partial charge >= 0.3 is 5.97 Å². The third kappa shape index (κ3) is 4.34. The zero-order valence-electron chi connectivity index (χ0n) is 12.0. The van der Waals surface area contributed by atoms with Crippen molar-refractivity contribution in [2.45, 2.75) is 6.92 Å². The van der Waals surface area contributed by atoms with Crippen LogP contribution in [0.4, 0.5) is 0 Å². The fraction of sp³-hybridized carbons (Fsp3) is 0.133. The van der Waals surface area contributed by atoms with E-state index in [0.717, 1.165) is 6.08 Å². The van der Waals surface area contributed by atoms with Crippen LogP contribution >= 0.6 is 23.2 Å². The first-order chi connectivity index (χ1) is 11.0. The van der Waals surface area contributed by atoms with Crippen molar-refractivity contribution in [3.05, 3.63) is 56.6 Å². The lowest BCUT2D eigenvalue weighted by molar-refractivity contribution is -0.137.